The molecule has 1 N–H and O–H groups in total. The summed E-state index contributed by atoms with van der Waals surface area (Å²) >= 11 is 0. The van der Waals surface area contributed by atoms with E-state index in [1.165, 1.54) is 18.4 Å². The quantitative estimate of drug-likeness (QED) is 0.838. The summed E-state index contributed by atoms with van der Waals surface area (Å²) in [5.74, 6) is -0.0833. The Morgan fingerprint density at radius 2 is 2.05 bits per heavy atom. The van der Waals surface area contributed by atoms with E-state index >= 15 is 0 Å². The molecule has 19 heavy (non-hydrogen) atoms. The number of amidine groups is 1. The van der Waals surface area contributed by atoms with Gasteiger partial charge in [0, 0.05) is 6.08 Å². The Morgan fingerprint density at radius 3 is 2.79 bits per heavy atom. The lowest BCUT2D eigenvalue weighted by Gasteiger charge is -2.00. The van der Waals surface area contributed by atoms with Crippen LogP contribution in [0.2, 0.25) is 0 Å². The highest BCUT2D eigenvalue weighted by atomic mass is 19.1. The average molecular weight is 256 g/mol. The van der Waals surface area contributed by atoms with Gasteiger partial charge in [-0.1, -0.05) is 12.1 Å². The monoisotopic (exact) mass is 256 g/mol. The molecule has 0 saturated carbocycles. The molecule has 2 heterocycles. The third-order valence-corrected chi connectivity index (χ3v) is 2.65. The van der Waals surface area contributed by atoms with E-state index in [-0.39, 0.29) is 23.0 Å². The zero-order chi connectivity index (χ0) is 13.2. The molecule has 0 spiro atoms. The average Bonchev–Trinajstić information content (AvgIpc) is 3.02. The van der Waals surface area contributed by atoms with Crippen LogP contribution in [0, 0.1) is 5.82 Å². The standard InChI is InChI=1S/C14H9FN2O2/c15-11-6-2-1-5-10(11)13-16-12(14(18)17-13)8-9-4-3-7-19-9/h1-8H,(H,16,17,18). The van der Waals surface area contributed by atoms with Crippen molar-refractivity contribution < 1.29 is 13.6 Å². The maximum Gasteiger partial charge on any atom is 0.275 e. The highest BCUT2D eigenvalue weighted by molar-refractivity contribution is 6.19. The highest BCUT2D eigenvalue weighted by Crippen LogP contribution is 2.16. The van der Waals surface area contributed by atoms with Gasteiger partial charge in [-0.05, 0) is 24.3 Å². The first-order chi connectivity index (χ1) is 9.24. The number of nitrogens with zero attached hydrogens (tertiary/aromatic N) is 1. The molecule has 1 amide bonds. The fraction of sp³-hybridized carbons (Fsp3) is 0. The summed E-state index contributed by atoms with van der Waals surface area (Å²) in [6.07, 6.45) is 3.00. The van der Waals surface area contributed by atoms with Crippen molar-refractivity contribution in [2.24, 2.45) is 4.99 Å². The summed E-state index contributed by atoms with van der Waals surface area (Å²) in [4.78, 5) is 15.8. The number of halogens is 1. The molecule has 1 aliphatic rings. The van der Waals surface area contributed by atoms with E-state index in [1.807, 2.05) is 0 Å². The van der Waals surface area contributed by atoms with Gasteiger partial charge in [0.05, 0.1) is 11.8 Å². The molecule has 0 atom stereocenters. The van der Waals surface area contributed by atoms with Crippen LogP contribution in [0.5, 0.6) is 0 Å². The van der Waals surface area contributed by atoms with Crippen LogP contribution in [0.25, 0.3) is 6.08 Å². The molecule has 1 aliphatic heterocycles. The molecule has 5 heteroatoms. The van der Waals surface area contributed by atoms with E-state index in [1.54, 1.807) is 30.3 Å². The van der Waals surface area contributed by atoms with Crippen molar-refractivity contribution >= 4 is 17.8 Å². The Bertz CT molecular complexity index is 687. The minimum Gasteiger partial charge on any atom is -0.465 e. The van der Waals surface area contributed by atoms with Gasteiger partial charge in [-0.3, -0.25) is 4.79 Å². The molecule has 2 aromatic rings. The molecule has 0 bridgehead atoms. The third-order valence-electron chi connectivity index (χ3n) is 2.65. The molecule has 94 valence electrons. The number of hydrogen-bond donors (Lipinski definition) is 1. The number of furan rings is 1. The molecule has 0 radical (unpaired) electrons. The number of nitrogens with one attached hydrogen (secondary N) is 1. The number of benzene rings is 1. The van der Waals surface area contributed by atoms with E-state index in [2.05, 4.69) is 10.3 Å². The van der Waals surface area contributed by atoms with Crippen LogP contribution in [0.3, 0.4) is 0 Å². The predicted octanol–water partition coefficient (Wildman–Crippen LogP) is 2.34. The van der Waals surface area contributed by atoms with Gasteiger partial charge in [-0.15, -0.1) is 0 Å². The Morgan fingerprint density at radius 1 is 1.21 bits per heavy atom. The van der Waals surface area contributed by atoms with Crippen LogP contribution in [0.4, 0.5) is 4.39 Å². The lowest BCUT2D eigenvalue weighted by atomic mass is 10.2. The van der Waals surface area contributed by atoms with E-state index < -0.39 is 5.82 Å². The summed E-state index contributed by atoms with van der Waals surface area (Å²) < 4.78 is 18.7. The maximum absolute atomic E-state index is 13.6. The second kappa shape index (κ2) is 4.53. The molecule has 0 fully saturated rings. The van der Waals surface area contributed by atoms with Crippen molar-refractivity contribution in [2.45, 2.75) is 0 Å². The van der Waals surface area contributed by atoms with Crippen LogP contribution < -0.4 is 5.32 Å². The molecular formula is C14H9FN2O2. The van der Waals surface area contributed by atoms with Gasteiger partial charge < -0.3 is 9.73 Å². The minimum atomic E-state index is -0.430. The molecule has 0 saturated heterocycles. The van der Waals surface area contributed by atoms with E-state index in [0.717, 1.165) is 0 Å². The number of amides is 1. The summed E-state index contributed by atoms with van der Waals surface area (Å²) in [6.45, 7) is 0. The fourth-order valence-corrected chi connectivity index (χ4v) is 1.76. The van der Waals surface area contributed by atoms with Gasteiger partial charge in [-0.2, -0.15) is 0 Å². The van der Waals surface area contributed by atoms with Gasteiger partial charge in [0.2, 0.25) is 0 Å². The Kier molecular flexibility index (Phi) is 2.72. The van der Waals surface area contributed by atoms with Crippen LogP contribution in [-0.4, -0.2) is 11.7 Å². The summed E-state index contributed by atoms with van der Waals surface area (Å²) in [7, 11) is 0. The number of rotatable bonds is 2. The predicted molar refractivity (Wildman–Crippen MR) is 67.8 cm³/mol. The van der Waals surface area contributed by atoms with E-state index in [0.29, 0.717) is 5.76 Å². The third kappa shape index (κ3) is 2.18. The molecule has 1 aromatic carbocycles. The van der Waals surface area contributed by atoms with Gasteiger partial charge in [0.15, 0.2) is 0 Å². The van der Waals surface area contributed by atoms with Crippen LogP contribution in [0.15, 0.2) is 57.8 Å². The van der Waals surface area contributed by atoms with Gasteiger partial charge in [0.1, 0.15) is 23.1 Å². The van der Waals surface area contributed by atoms with Gasteiger partial charge in [-0.25, -0.2) is 9.38 Å². The zero-order valence-corrected chi connectivity index (χ0v) is 9.76. The lowest BCUT2D eigenvalue weighted by molar-refractivity contribution is -0.115. The summed E-state index contributed by atoms with van der Waals surface area (Å²) in [5.41, 5.74) is 0.451. The van der Waals surface area contributed by atoms with Gasteiger partial charge >= 0.3 is 0 Å². The lowest BCUT2D eigenvalue weighted by Crippen LogP contribution is -2.25. The smallest absolute Gasteiger partial charge is 0.275 e. The molecule has 4 nitrogen and oxygen atoms in total. The second-order valence-electron chi connectivity index (χ2n) is 3.94. The second-order valence-corrected chi connectivity index (χ2v) is 3.94. The molecule has 0 aliphatic carbocycles. The molecule has 0 unspecified atom stereocenters. The van der Waals surface area contributed by atoms with Gasteiger partial charge in [0.25, 0.3) is 5.91 Å². The number of carbonyl (C=O) groups excluding carboxylic acids is 1. The zero-order valence-electron chi connectivity index (χ0n) is 9.76. The Balaban J connectivity index is 1.98. The normalized spacial score (nSPS) is 16.6. The van der Waals surface area contributed by atoms with Crippen molar-refractivity contribution in [3.8, 4) is 0 Å². The topological polar surface area (TPSA) is 54.6 Å². The van der Waals surface area contributed by atoms with Crippen molar-refractivity contribution in [2.75, 3.05) is 0 Å². The molecular weight excluding hydrogens is 247 g/mol. The number of aliphatic imine (C=N–C) groups is 1. The Hall–Kier alpha value is -2.69. The number of carbonyl (C=O) groups is 1. The molecule has 3 rings (SSSR count). The molecule has 1 aromatic heterocycles. The first-order valence-electron chi connectivity index (χ1n) is 5.64. The van der Waals surface area contributed by atoms with Crippen molar-refractivity contribution in [3.63, 3.8) is 0 Å². The highest BCUT2D eigenvalue weighted by Gasteiger charge is 2.23. The van der Waals surface area contributed by atoms with Crippen molar-refractivity contribution in [1.29, 1.82) is 0 Å². The largest absolute Gasteiger partial charge is 0.465 e. The van der Waals surface area contributed by atoms with Crippen LogP contribution in [0.1, 0.15) is 11.3 Å². The maximum atomic E-state index is 13.6. The van der Waals surface area contributed by atoms with Crippen molar-refractivity contribution in [1.82, 2.24) is 5.32 Å². The number of hydrogen-bond acceptors (Lipinski definition) is 3. The van der Waals surface area contributed by atoms with E-state index in [4.69, 9.17) is 4.42 Å². The first-order valence-corrected chi connectivity index (χ1v) is 5.64. The minimum absolute atomic E-state index is 0.188. The van der Waals surface area contributed by atoms with Crippen LogP contribution in [-0.2, 0) is 4.79 Å². The van der Waals surface area contributed by atoms with Crippen LogP contribution >= 0.6 is 0 Å². The Labute approximate surface area is 108 Å². The van der Waals surface area contributed by atoms with E-state index in [9.17, 15) is 9.18 Å². The summed E-state index contributed by atoms with van der Waals surface area (Å²) in [5, 5.41) is 2.53. The van der Waals surface area contributed by atoms with Crippen molar-refractivity contribution in [3.05, 3.63) is 65.5 Å². The summed E-state index contributed by atoms with van der Waals surface area (Å²) in [6, 6.07) is 9.55. The SMILES string of the molecule is O=C1NC(c2ccccc2F)=NC1=Cc1ccco1. The first kappa shape index (κ1) is 11.4. The fourth-order valence-electron chi connectivity index (χ4n) is 1.76.